The Morgan fingerprint density at radius 2 is 1.11 bits per heavy atom. The van der Waals surface area contributed by atoms with Crippen molar-refractivity contribution < 1.29 is 26.2 Å². The second-order valence-electron chi connectivity index (χ2n) is 10.9. The van der Waals surface area contributed by atoms with Gasteiger partial charge in [-0.1, -0.05) is 94.4 Å². The number of rotatable bonds is 5. The van der Waals surface area contributed by atoms with Crippen LogP contribution in [0, 0.1) is 0 Å². The summed E-state index contributed by atoms with van der Waals surface area (Å²) in [7, 11) is 0.252. The first kappa shape index (κ1) is 28.8. The van der Waals surface area contributed by atoms with E-state index in [-0.39, 0.29) is 35.7 Å². The van der Waals surface area contributed by atoms with Crippen molar-refractivity contribution in [1.29, 1.82) is 0 Å². The van der Waals surface area contributed by atoms with Crippen LogP contribution >= 0.6 is 23.2 Å². The fraction of sp³-hybridized carbons (Fsp3) is 0.333. The zero-order valence-corrected chi connectivity index (χ0v) is 27.7. The number of benzene rings is 3. The smallest absolute Gasteiger partial charge is 0.114 e. The molecule has 2 radical (unpaired) electrons. The van der Waals surface area contributed by atoms with E-state index in [0.717, 1.165) is 0 Å². The molecule has 37 heavy (non-hydrogen) atoms. The van der Waals surface area contributed by atoms with Crippen molar-refractivity contribution in [2.75, 3.05) is 0 Å². The molecule has 3 aromatic rings. The molecule has 0 aliphatic heterocycles. The summed E-state index contributed by atoms with van der Waals surface area (Å²) in [4.78, 5) is 0. The Kier molecular flexibility index (Phi) is 8.12. The van der Waals surface area contributed by atoms with E-state index in [4.69, 9.17) is 23.2 Å². The fourth-order valence-corrected chi connectivity index (χ4v) is 9.50. The molecular weight excluding hydrogens is 587 g/mol. The Morgan fingerprint density at radius 3 is 1.65 bits per heavy atom. The maximum Gasteiger partial charge on any atom is 0.118 e. The summed E-state index contributed by atoms with van der Waals surface area (Å²) in [6.07, 6.45) is 0. The summed E-state index contributed by atoms with van der Waals surface area (Å²) < 4.78 is -1.31. The zero-order valence-electron chi connectivity index (χ0n) is 22.8. The average molecular weight is 621 g/mol. The molecule has 0 saturated heterocycles. The molecule has 0 bridgehead atoms. The van der Waals surface area contributed by atoms with Crippen molar-refractivity contribution in [2.24, 2.45) is 0 Å². The summed E-state index contributed by atoms with van der Waals surface area (Å²) in [5.74, 6) is 0.825. The first-order valence-electron chi connectivity index (χ1n) is 12.9. The number of hydrogen-bond donors (Lipinski definition) is 0. The minimum Gasteiger partial charge on any atom is -0.114 e. The molecule has 0 saturated carbocycles. The molecule has 2 atom stereocenters. The number of allylic oxidation sites excluding steroid dienone is 3. The first-order chi connectivity index (χ1) is 17.0. The SMILES string of the molecule is CC1=C(C)C(Cl)([Si]C2(Cl)C(C)=C(c3ccccc3)c3c(C(C)C)cccc32)c2cccc(C(C)C)c21.[Zr]. The zero-order chi connectivity index (χ0) is 26.0. The van der Waals surface area contributed by atoms with Crippen molar-refractivity contribution >= 4 is 43.9 Å². The van der Waals surface area contributed by atoms with E-state index in [0.29, 0.717) is 11.8 Å². The molecule has 4 heteroatoms. The van der Waals surface area contributed by atoms with Gasteiger partial charge in [0, 0.05) is 26.2 Å². The summed E-state index contributed by atoms with van der Waals surface area (Å²) in [6.45, 7) is 15.7. The Morgan fingerprint density at radius 1 is 0.622 bits per heavy atom. The van der Waals surface area contributed by atoms with Gasteiger partial charge in [0.2, 0.25) is 0 Å². The van der Waals surface area contributed by atoms with Crippen molar-refractivity contribution in [2.45, 2.75) is 69.3 Å². The van der Waals surface area contributed by atoms with Gasteiger partial charge < -0.3 is 0 Å². The van der Waals surface area contributed by atoms with E-state index in [1.807, 2.05) is 0 Å². The predicted molar refractivity (Wildman–Crippen MR) is 158 cm³/mol. The normalized spacial score (nSPS) is 22.6. The molecule has 2 unspecified atom stereocenters. The van der Waals surface area contributed by atoms with Crippen LogP contribution in [0.2, 0.25) is 0 Å². The maximum atomic E-state index is 7.87. The second kappa shape index (κ2) is 10.4. The van der Waals surface area contributed by atoms with E-state index in [2.05, 4.69) is 115 Å². The molecule has 0 nitrogen and oxygen atoms in total. The Balaban J connectivity index is 0.00000320. The molecule has 0 heterocycles. The van der Waals surface area contributed by atoms with Crippen LogP contribution in [0.15, 0.2) is 77.9 Å². The van der Waals surface area contributed by atoms with Crippen LogP contribution in [0.1, 0.15) is 99.2 Å². The van der Waals surface area contributed by atoms with Gasteiger partial charge in [0.15, 0.2) is 0 Å². The molecular formula is C33H34Cl2SiZr. The van der Waals surface area contributed by atoms with Gasteiger partial charge in [-0.05, 0) is 93.8 Å². The third kappa shape index (κ3) is 4.35. The van der Waals surface area contributed by atoms with Crippen LogP contribution in [-0.2, 0) is 35.2 Å². The van der Waals surface area contributed by atoms with Gasteiger partial charge in [0.1, 0.15) is 9.52 Å². The van der Waals surface area contributed by atoms with Gasteiger partial charge in [-0.25, -0.2) is 0 Å². The second-order valence-corrected chi connectivity index (χ2v) is 14.4. The average Bonchev–Trinajstić information content (AvgIpc) is 3.19. The molecule has 5 rings (SSSR count). The van der Waals surface area contributed by atoms with E-state index >= 15 is 0 Å². The Hall–Kier alpha value is -1.18. The van der Waals surface area contributed by atoms with Gasteiger partial charge in [-0.15, -0.1) is 23.2 Å². The van der Waals surface area contributed by atoms with Crippen LogP contribution in [0.3, 0.4) is 0 Å². The van der Waals surface area contributed by atoms with Crippen LogP contribution in [0.5, 0.6) is 0 Å². The number of fused-ring (bicyclic) bond motifs is 2. The molecule has 0 aromatic heterocycles. The minimum absolute atomic E-state index is 0. The number of halogens is 2. The summed E-state index contributed by atoms with van der Waals surface area (Å²) in [6, 6.07) is 24.0. The molecule has 3 aromatic carbocycles. The van der Waals surface area contributed by atoms with E-state index in [9.17, 15) is 0 Å². The van der Waals surface area contributed by atoms with Gasteiger partial charge in [-0.2, -0.15) is 0 Å². The molecule has 0 fully saturated rings. The molecule has 0 spiro atoms. The van der Waals surface area contributed by atoms with Crippen molar-refractivity contribution in [3.05, 3.63) is 117 Å². The van der Waals surface area contributed by atoms with Crippen molar-refractivity contribution in [3.63, 3.8) is 0 Å². The maximum absolute atomic E-state index is 7.87. The minimum atomic E-state index is -0.676. The molecule has 188 valence electrons. The van der Waals surface area contributed by atoms with Gasteiger partial charge in [0.05, 0.1) is 8.99 Å². The molecule has 0 N–H and O–H groups in total. The van der Waals surface area contributed by atoms with Gasteiger partial charge >= 0.3 is 0 Å². The topological polar surface area (TPSA) is 0 Å². The van der Waals surface area contributed by atoms with E-state index < -0.39 is 8.99 Å². The van der Waals surface area contributed by atoms with Gasteiger partial charge in [0.25, 0.3) is 0 Å². The number of alkyl halides is 2. The van der Waals surface area contributed by atoms with Crippen LogP contribution < -0.4 is 0 Å². The van der Waals surface area contributed by atoms with E-state index in [1.165, 1.54) is 61.2 Å². The Labute approximate surface area is 254 Å². The molecule has 0 amide bonds. The Bertz CT molecular complexity index is 1420. The van der Waals surface area contributed by atoms with Crippen LogP contribution in [0.4, 0.5) is 0 Å². The summed E-state index contributed by atoms with van der Waals surface area (Å²) >= 11 is 15.6. The molecule has 2 aliphatic carbocycles. The fourth-order valence-electron chi connectivity index (χ4n) is 6.11. The van der Waals surface area contributed by atoms with Gasteiger partial charge in [-0.3, -0.25) is 0 Å². The summed E-state index contributed by atoms with van der Waals surface area (Å²) in [5, 5.41) is 0. The first-order valence-corrected chi connectivity index (χ1v) is 14.7. The number of hydrogen-bond acceptors (Lipinski definition) is 0. The predicted octanol–water partition coefficient (Wildman–Crippen LogP) is 9.76. The van der Waals surface area contributed by atoms with Crippen LogP contribution in [-0.4, -0.2) is 9.52 Å². The third-order valence-corrected chi connectivity index (χ3v) is 11.7. The van der Waals surface area contributed by atoms with Crippen molar-refractivity contribution in [3.8, 4) is 0 Å². The van der Waals surface area contributed by atoms with Crippen LogP contribution in [0.25, 0.3) is 11.1 Å². The standard InChI is InChI=1S/C33H34Cl2Si.Zr/c1-19(2)25-15-11-17-27-29(25)21(5)22(6)32(27,34)36-33(35)23(7)30(24-13-9-8-10-14-24)31-26(20(3)4)16-12-18-28(31)33;/h8-20H,1-7H3;. The third-order valence-electron chi connectivity index (χ3n) is 8.18. The largest absolute Gasteiger partial charge is 0.118 e. The molecule has 2 aliphatic rings. The monoisotopic (exact) mass is 618 g/mol. The summed E-state index contributed by atoms with van der Waals surface area (Å²) in [5.41, 5.74) is 14.0. The van der Waals surface area contributed by atoms with Crippen molar-refractivity contribution in [1.82, 2.24) is 0 Å². The van der Waals surface area contributed by atoms with E-state index in [1.54, 1.807) is 0 Å². The quantitative estimate of drug-likeness (QED) is 0.197.